The van der Waals surface area contributed by atoms with Gasteiger partial charge in [-0.25, -0.2) is 5.43 Å². The highest BCUT2D eigenvalue weighted by Gasteiger charge is 2.50. The molecule has 29 heavy (non-hydrogen) atoms. The Hall–Kier alpha value is -2.37. The lowest BCUT2D eigenvalue weighted by Crippen LogP contribution is -2.47. The molecule has 0 aromatic heterocycles. The van der Waals surface area contributed by atoms with Gasteiger partial charge in [-0.2, -0.15) is 5.10 Å². The third kappa shape index (κ3) is 3.65. The van der Waals surface area contributed by atoms with E-state index in [1.54, 1.807) is 12.1 Å². The molecule has 0 saturated heterocycles. The second kappa shape index (κ2) is 7.15. The van der Waals surface area contributed by atoms with Gasteiger partial charge in [-0.3, -0.25) is 14.5 Å². The number of hydrogen-bond donors (Lipinski definition) is 1. The normalized spacial score (nSPS) is 32.7. The summed E-state index contributed by atoms with van der Waals surface area (Å²) in [5, 5.41) is 4.39. The fourth-order valence-electron chi connectivity index (χ4n) is 6.75. The molecule has 0 spiro atoms. The molecule has 0 unspecified atom stereocenters. The molecule has 154 valence electrons. The zero-order valence-corrected chi connectivity index (χ0v) is 17.0. The zero-order valence-electron chi connectivity index (χ0n) is 17.0. The summed E-state index contributed by atoms with van der Waals surface area (Å²) >= 11 is 0. The Balaban J connectivity index is 1.21. The van der Waals surface area contributed by atoms with Crippen LogP contribution in [-0.2, 0) is 9.59 Å². The second-order valence-electron chi connectivity index (χ2n) is 9.71. The predicted octanol–water partition coefficient (Wildman–Crippen LogP) is 3.51. The van der Waals surface area contributed by atoms with Crippen molar-refractivity contribution in [1.29, 1.82) is 0 Å². The smallest absolute Gasteiger partial charge is 0.265 e. The highest BCUT2D eigenvalue weighted by Crippen LogP contribution is 2.61. The highest BCUT2D eigenvalue weighted by atomic mass is 16.5. The monoisotopic (exact) mass is 395 g/mol. The molecule has 1 aromatic rings. The van der Waals surface area contributed by atoms with Gasteiger partial charge < -0.3 is 4.74 Å². The molecular formula is C23H29N3O3. The Labute approximate surface area is 171 Å². The number of hydrogen-bond acceptors (Lipinski definition) is 4. The standard InChI is InChI=1S/C23H29N3O3/c1-15(9-23-10-16-6-17(11-23)8-18(7-16)12-23)24-25-21(27)13-26-19-4-2-3-5-20(19)29-14-22(26)28/h2-5,16-18H,6-14H2,1H3,(H,25,27)/b24-15-. The number of carbonyl (C=O) groups excluding carboxylic acids is 2. The number of rotatable bonds is 5. The van der Waals surface area contributed by atoms with E-state index in [0.29, 0.717) is 16.9 Å². The first-order valence-corrected chi connectivity index (χ1v) is 10.8. The average Bonchev–Trinajstić information content (AvgIpc) is 2.67. The summed E-state index contributed by atoms with van der Waals surface area (Å²) in [5.41, 5.74) is 4.71. The van der Waals surface area contributed by atoms with Gasteiger partial charge in [-0.15, -0.1) is 0 Å². The first-order chi connectivity index (χ1) is 14.0. The van der Waals surface area contributed by atoms with Crippen LogP contribution in [0.1, 0.15) is 51.9 Å². The minimum absolute atomic E-state index is 0.0430. The number of nitrogens with one attached hydrogen (secondary N) is 1. The minimum Gasteiger partial charge on any atom is -0.482 e. The van der Waals surface area contributed by atoms with Crippen molar-refractivity contribution in [2.24, 2.45) is 28.3 Å². The van der Waals surface area contributed by atoms with E-state index in [2.05, 4.69) is 10.5 Å². The summed E-state index contributed by atoms with van der Waals surface area (Å²) in [6, 6.07) is 7.28. The van der Waals surface area contributed by atoms with Crippen LogP contribution in [0, 0.1) is 23.2 Å². The van der Waals surface area contributed by atoms with Crippen LogP contribution in [0.5, 0.6) is 5.75 Å². The molecule has 2 amide bonds. The lowest BCUT2D eigenvalue weighted by Gasteiger charge is -2.57. The Morgan fingerprint density at radius 1 is 1.17 bits per heavy atom. The fraction of sp³-hybridized carbons (Fsp3) is 0.609. The van der Waals surface area contributed by atoms with Gasteiger partial charge in [0.25, 0.3) is 11.8 Å². The SMILES string of the molecule is C/C(CC12CC3CC(CC(C3)C1)C2)=N/NC(=O)CN1C(=O)COc2ccccc21. The summed E-state index contributed by atoms with van der Waals surface area (Å²) < 4.78 is 5.43. The molecule has 6 heteroatoms. The van der Waals surface area contributed by atoms with Gasteiger partial charge in [-0.05, 0) is 87.2 Å². The highest BCUT2D eigenvalue weighted by molar-refractivity contribution is 6.02. The third-order valence-electron chi connectivity index (χ3n) is 7.28. The quantitative estimate of drug-likeness (QED) is 0.613. The molecule has 1 N–H and O–H groups in total. The van der Waals surface area contributed by atoms with Gasteiger partial charge in [0.1, 0.15) is 12.3 Å². The van der Waals surface area contributed by atoms with Gasteiger partial charge in [0.2, 0.25) is 0 Å². The minimum atomic E-state index is -0.278. The molecule has 4 bridgehead atoms. The number of carbonyl (C=O) groups is 2. The number of nitrogens with zero attached hydrogens (tertiary/aromatic N) is 2. The number of fused-ring (bicyclic) bond motifs is 1. The molecule has 5 aliphatic rings. The summed E-state index contributed by atoms with van der Waals surface area (Å²) in [6.45, 7) is 1.93. The molecule has 1 aromatic carbocycles. The van der Waals surface area contributed by atoms with Gasteiger partial charge >= 0.3 is 0 Å². The van der Waals surface area contributed by atoms with Crippen LogP contribution in [0.4, 0.5) is 5.69 Å². The van der Waals surface area contributed by atoms with Crippen LogP contribution in [0.3, 0.4) is 0 Å². The summed E-state index contributed by atoms with van der Waals surface area (Å²) in [7, 11) is 0. The second-order valence-corrected chi connectivity index (χ2v) is 9.71. The molecule has 4 aliphatic carbocycles. The van der Waals surface area contributed by atoms with E-state index in [0.717, 1.165) is 29.9 Å². The van der Waals surface area contributed by atoms with Crippen molar-refractivity contribution in [3.8, 4) is 5.75 Å². The van der Waals surface area contributed by atoms with Crippen LogP contribution in [-0.4, -0.2) is 30.7 Å². The molecule has 0 radical (unpaired) electrons. The molecule has 1 heterocycles. The van der Waals surface area contributed by atoms with Crippen molar-refractivity contribution in [3.05, 3.63) is 24.3 Å². The third-order valence-corrected chi connectivity index (χ3v) is 7.28. The number of para-hydroxylation sites is 2. The van der Waals surface area contributed by atoms with E-state index in [1.807, 2.05) is 19.1 Å². The van der Waals surface area contributed by atoms with Gasteiger partial charge in [0.05, 0.1) is 5.69 Å². The van der Waals surface area contributed by atoms with E-state index < -0.39 is 0 Å². The number of benzene rings is 1. The molecular weight excluding hydrogens is 366 g/mol. The van der Waals surface area contributed by atoms with Gasteiger partial charge in [0, 0.05) is 5.71 Å². The first-order valence-electron chi connectivity index (χ1n) is 10.8. The lowest BCUT2D eigenvalue weighted by molar-refractivity contribution is -0.125. The first kappa shape index (κ1) is 18.6. The maximum Gasteiger partial charge on any atom is 0.265 e. The van der Waals surface area contributed by atoms with Crippen LogP contribution >= 0.6 is 0 Å². The topological polar surface area (TPSA) is 71.0 Å². The van der Waals surface area contributed by atoms with E-state index in [4.69, 9.17) is 4.74 Å². The van der Waals surface area contributed by atoms with E-state index in [1.165, 1.54) is 43.4 Å². The maximum absolute atomic E-state index is 12.5. The predicted molar refractivity (Wildman–Crippen MR) is 111 cm³/mol. The van der Waals surface area contributed by atoms with E-state index in [-0.39, 0.29) is 25.0 Å². The van der Waals surface area contributed by atoms with Crippen molar-refractivity contribution in [1.82, 2.24) is 5.43 Å². The van der Waals surface area contributed by atoms with E-state index >= 15 is 0 Å². The largest absolute Gasteiger partial charge is 0.482 e. The van der Waals surface area contributed by atoms with Crippen molar-refractivity contribution >= 4 is 23.2 Å². The number of hydrazone groups is 1. The number of ether oxygens (including phenoxy) is 1. The molecule has 6 rings (SSSR count). The number of anilines is 1. The van der Waals surface area contributed by atoms with Gasteiger partial charge in [-0.1, -0.05) is 12.1 Å². The Morgan fingerprint density at radius 2 is 1.83 bits per heavy atom. The lowest BCUT2D eigenvalue weighted by atomic mass is 9.48. The Morgan fingerprint density at radius 3 is 2.52 bits per heavy atom. The molecule has 1 aliphatic heterocycles. The van der Waals surface area contributed by atoms with E-state index in [9.17, 15) is 9.59 Å². The van der Waals surface area contributed by atoms with Crippen LogP contribution in [0.15, 0.2) is 29.4 Å². The molecule has 0 atom stereocenters. The van der Waals surface area contributed by atoms with Crippen LogP contribution in [0.25, 0.3) is 0 Å². The molecule has 4 saturated carbocycles. The van der Waals surface area contributed by atoms with Crippen LogP contribution in [0.2, 0.25) is 0 Å². The maximum atomic E-state index is 12.5. The molecule has 6 nitrogen and oxygen atoms in total. The summed E-state index contributed by atoms with van der Waals surface area (Å²) in [6.07, 6.45) is 9.27. The fourth-order valence-corrected chi connectivity index (χ4v) is 6.75. The Bertz CT molecular complexity index is 827. The van der Waals surface area contributed by atoms with Crippen molar-refractivity contribution in [2.45, 2.75) is 51.9 Å². The van der Waals surface area contributed by atoms with Crippen molar-refractivity contribution < 1.29 is 14.3 Å². The van der Waals surface area contributed by atoms with Crippen molar-refractivity contribution in [3.63, 3.8) is 0 Å². The summed E-state index contributed by atoms with van der Waals surface area (Å²) in [4.78, 5) is 26.2. The zero-order chi connectivity index (χ0) is 20.0. The molecule has 4 fully saturated rings. The van der Waals surface area contributed by atoms with Gasteiger partial charge in [0.15, 0.2) is 6.61 Å². The number of amides is 2. The van der Waals surface area contributed by atoms with Crippen molar-refractivity contribution in [2.75, 3.05) is 18.1 Å². The summed E-state index contributed by atoms with van der Waals surface area (Å²) in [5.74, 6) is 2.87. The Kier molecular flexibility index (Phi) is 4.60. The van der Waals surface area contributed by atoms with Crippen LogP contribution < -0.4 is 15.1 Å². The average molecular weight is 396 g/mol.